The minimum atomic E-state index is -0.0229. The summed E-state index contributed by atoms with van der Waals surface area (Å²) in [7, 11) is 0. The molecule has 0 spiro atoms. The van der Waals surface area contributed by atoms with Crippen molar-refractivity contribution in [1.29, 1.82) is 0 Å². The third kappa shape index (κ3) is 4.62. The van der Waals surface area contributed by atoms with E-state index in [0.717, 1.165) is 23.4 Å². The molecule has 0 aliphatic carbocycles. The molecule has 0 fully saturated rings. The van der Waals surface area contributed by atoms with Crippen molar-refractivity contribution in [3.63, 3.8) is 0 Å². The van der Waals surface area contributed by atoms with Gasteiger partial charge in [0.05, 0.1) is 11.6 Å². The largest absolute Gasteiger partial charge is 0.352 e. The molecule has 2 unspecified atom stereocenters. The third-order valence-electron chi connectivity index (χ3n) is 4.28. The van der Waals surface area contributed by atoms with Gasteiger partial charge in [-0.15, -0.1) is 12.4 Å². The number of hydrogen-bond donors (Lipinski definition) is 2. The summed E-state index contributed by atoms with van der Waals surface area (Å²) in [6.45, 7) is 8.76. The summed E-state index contributed by atoms with van der Waals surface area (Å²) >= 11 is 0. The second kappa shape index (κ2) is 8.90. The highest BCUT2D eigenvalue weighted by Crippen LogP contribution is 2.25. The average molecular weight is 350 g/mol. The van der Waals surface area contributed by atoms with E-state index in [1.165, 1.54) is 5.56 Å². The molecule has 0 saturated heterocycles. The van der Waals surface area contributed by atoms with Crippen LogP contribution in [0.5, 0.6) is 0 Å². The van der Waals surface area contributed by atoms with Gasteiger partial charge in [-0.3, -0.25) is 4.79 Å². The normalized spacial score (nSPS) is 13.0. The maximum atomic E-state index is 12.4. The fourth-order valence-corrected chi connectivity index (χ4v) is 2.99. The maximum Gasteiger partial charge on any atom is 0.253 e. The number of carbonyl (C=O) groups excluding carboxylic acids is 1. The van der Waals surface area contributed by atoms with Crippen LogP contribution in [0, 0.1) is 13.8 Å². The van der Waals surface area contributed by atoms with Gasteiger partial charge in [0.25, 0.3) is 5.91 Å². The van der Waals surface area contributed by atoms with Gasteiger partial charge in [-0.2, -0.15) is 0 Å². The first-order chi connectivity index (χ1) is 10.9. The lowest BCUT2D eigenvalue weighted by Crippen LogP contribution is -2.29. The standard InChI is InChI=1S/C19H27N3O.ClH/c1-13(20)10-11-21-19(23)18-12-14(2)22(16(18)4)15(3)17-8-6-5-7-9-17;/h5-9,12-13,15H,10-11,20H2,1-4H3,(H,21,23);1H. The number of nitrogens with two attached hydrogens (primary N) is 1. The van der Waals surface area contributed by atoms with Crippen LogP contribution in [0.2, 0.25) is 0 Å². The molecule has 2 aromatic rings. The van der Waals surface area contributed by atoms with Gasteiger partial charge < -0.3 is 15.6 Å². The van der Waals surface area contributed by atoms with E-state index in [-0.39, 0.29) is 30.4 Å². The smallest absolute Gasteiger partial charge is 0.253 e. The van der Waals surface area contributed by atoms with E-state index in [4.69, 9.17) is 5.73 Å². The zero-order chi connectivity index (χ0) is 17.0. The Bertz CT molecular complexity index is 665. The predicted molar refractivity (Wildman–Crippen MR) is 102 cm³/mol. The van der Waals surface area contributed by atoms with Crippen LogP contribution in [0.3, 0.4) is 0 Å². The van der Waals surface area contributed by atoms with Crippen molar-refractivity contribution in [2.45, 2.75) is 46.2 Å². The Labute approximate surface area is 150 Å². The summed E-state index contributed by atoms with van der Waals surface area (Å²) in [4.78, 5) is 12.4. The van der Waals surface area contributed by atoms with Crippen LogP contribution < -0.4 is 11.1 Å². The summed E-state index contributed by atoms with van der Waals surface area (Å²) in [5.74, 6) is -0.0229. The number of halogens is 1. The van der Waals surface area contributed by atoms with Gasteiger partial charge >= 0.3 is 0 Å². The fraction of sp³-hybridized carbons (Fsp3) is 0.421. The van der Waals surface area contributed by atoms with E-state index < -0.39 is 0 Å². The number of aryl methyl sites for hydroxylation is 1. The van der Waals surface area contributed by atoms with Crippen molar-refractivity contribution < 1.29 is 4.79 Å². The molecule has 0 aliphatic heterocycles. The Balaban J connectivity index is 0.00000288. The topological polar surface area (TPSA) is 60.1 Å². The first-order valence-electron chi connectivity index (χ1n) is 8.19. The molecule has 1 amide bonds. The second-order valence-corrected chi connectivity index (χ2v) is 6.26. The Morgan fingerprint density at radius 1 is 1.21 bits per heavy atom. The van der Waals surface area contributed by atoms with Gasteiger partial charge in [0.2, 0.25) is 0 Å². The molecule has 0 radical (unpaired) electrons. The first-order valence-corrected chi connectivity index (χ1v) is 8.19. The SMILES string of the molecule is Cc1cc(C(=O)NCCC(C)N)c(C)n1C(C)c1ccccc1.Cl. The van der Waals surface area contributed by atoms with Crippen molar-refractivity contribution in [3.05, 3.63) is 58.9 Å². The number of carbonyl (C=O) groups is 1. The van der Waals surface area contributed by atoms with E-state index in [1.807, 2.05) is 45.0 Å². The lowest BCUT2D eigenvalue weighted by Gasteiger charge is -2.19. The van der Waals surface area contributed by atoms with Crippen molar-refractivity contribution in [2.75, 3.05) is 6.54 Å². The lowest BCUT2D eigenvalue weighted by molar-refractivity contribution is 0.0952. The van der Waals surface area contributed by atoms with E-state index in [1.54, 1.807) is 0 Å². The van der Waals surface area contributed by atoms with Crippen LogP contribution in [0.1, 0.15) is 53.6 Å². The highest BCUT2D eigenvalue weighted by molar-refractivity contribution is 5.95. The minimum Gasteiger partial charge on any atom is -0.352 e. The predicted octanol–water partition coefficient (Wildman–Crippen LogP) is 3.60. The van der Waals surface area contributed by atoms with Crippen molar-refractivity contribution in [1.82, 2.24) is 9.88 Å². The molecule has 2 atom stereocenters. The zero-order valence-electron chi connectivity index (χ0n) is 14.9. The Hall–Kier alpha value is -1.78. The molecular formula is C19H28ClN3O. The monoisotopic (exact) mass is 349 g/mol. The Morgan fingerprint density at radius 2 is 1.83 bits per heavy atom. The quantitative estimate of drug-likeness (QED) is 0.837. The summed E-state index contributed by atoms with van der Waals surface area (Å²) in [5, 5.41) is 2.96. The Kier molecular flexibility index (Phi) is 7.52. The molecule has 1 heterocycles. The number of nitrogens with zero attached hydrogens (tertiary/aromatic N) is 1. The summed E-state index contributed by atoms with van der Waals surface area (Å²) in [6, 6.07) is 12.6. The van der Waals surface area contributed by atoms with Crippen LogP contribution >= 0.6 is 12.4 Å². The number of amides is 1. The van der Waals surface area contributed by atoms with E-state index in [2.05, 4.69) is 28.9 Å². The average Bonchev–Trinajstić information content (AvgIpc) is 2.82. The van der Waals surface area contributed by atoms with Crippen molar-refractivity contribution in [3.8, 4) is 0 Å². The lowest BCUT2D eigenvalue weighted by atomic mass is 10.1. The molecule has 0 saturated carbocycles. The molecule has 0 bridgehead atoms. The molecule has 5 heteroatoms. The number of benzene rings is 1. The summed E-state index contributed by atoms with van der Waals surface area (Å²) in [5.41, 5.74) is 9.80. The van der Waals surface area contributed by atoms with Gasteiger partial charge in [0.1, 0.15) is 0 Å². The summed E-state index contributed by atoms with van der Waals surface area (Å²) in [6.07, 6.45) is 0.783. The maximum absolute atomic E-state index is 12.4. The molecule has 132 valence electrons. The molecular weight excluding hydrogens is 322 g/mol. The molecule has 2 rings (SSSR count). The van der Waals surface area contributed by atoms with Gasteiger partial charge in [0.15, 0.2) is 0 Å². The molecule has 24 heavy (non-hydrogen) atoms. The molecule has 0 aliphatic rings. The third-order valence-corrected chi connectivity index (χ3v) is 4.28. The van der Waals surface area contributed by atoms with E-state index in [0.29, 0.717) is 6.54 Å². The fourth-order valence-electron chi connectivity index (χ4n) is 2.99. The molecule has 1 aromatic heterocycles. The molecule has 3 N–H and O–H groups in total. The van der Waals surface area contributed by atoms with Crippen LogP contribution in [0.4, 0.5) is 0 Å². The minimum absolute atomic E-state index is 0. The van der Waals surface area contributed by atoms with E-state index >= 15 is 0 Å². The van der Waals surface area contributed by atoms with Crippen LogP contribution in [-0.4, -0.2) is 23.1 Å². The number of hydrogen-bond acceptors (Lipinski definition) is 2. The van der Waals surface area contributed by atoms with E-state index in [9.17, 15) is 4.79 Å². The first kappa shape index (κ1) is 20.3. The van der Waals surface area contributed by atoms with Gasteiger partial charge in [-0.25, -0.2) is 0 Å². The number of rotatable bonds is 6. The molecule has 4 nitrogen and oxygen atoms in total. The van der Waals surface area contributed by atoms with Gasteiger partial charge in [-0.1, -0.05) is 30.3 Å². The summed E-state index contributed by atoms with van der Waals surface area (Å²) < 4.78 is 2.22. The van der Waals surface area contributed by atoms with Gasteiger partial charge in [-0.05, 0) is 45.7 Å². The van der Waals surface area contributed by atoms with Crippen molar-refractivity contribution in [2.24, 2.45) is 5.73 Å². The highest BCUT2D eigenvalue weighted by atomic mass is 35.5. The zero-order valence-corrected chi connectivity index (χ0v) is 15.7. The highest BCUT2D eigenvalue weighted by Gasteiger charge is 2.19. The van der Waals surface area contributed by atoms with Crippen LogP contribution in [-0.2, 0) is 0 Å². The number of nitrogens with one attached hydrogen (secondary N) is 1. The number of aromatic nitrogens is 1. The van der Waals surface area contributed by atoms with Crippen molar-refractivity contribution >= 4 is 18.3 Å². The van der Waals surface area contributed by atoms with Gasteiger partial charge in [0, 0.05) is 24.0 Å². The Morgan fingerprint density at radius 3 is 2.42 bits per heavy atom. The van der Waals surface area contributed by atoms with Crippen LogP contribution in [0.15, 0.2) is 36.4 Å². The molecule has 1 aromatic carbocycles. The van der Waals surface area contributed by atoms with Crippen LogP contribution in [0.25, 0.3) is 0 Å². The second-order valence-electron chi connectivity index (χ2n) is 6.26.